The monoisotopic (exact) mass is 273 g/mol. The van der Waals surface area contributed by atoms with E-state index in [1.807, 2.05) is 24.3 Å². The summed E-state index contributed by atoms with van der Waals surface area (Å²) in [5.41, 5.74) is 8.03. The maximum absolute atomic E-state index is 10.9. The van der Waals surface area contributed by atoms with Crippen molar-refractivity contribution >= 4 is 17.1 Å². The number of nitrogens with one attached hydrogen (secondary N) is 1. The summed E-state index contributed by atoms with van der Waals surface area (Å²) in [5.74, 6) is 0.236. The van der Waals surface area contributed by atoms with Crippen LogP contribution < -0.4 is 15.8 Å². The molecular formula is C14H15N3O3. The van der Waals surface area contributed by atoms with E-state index in [-0.39, 0.29) is 11.4 Å². The summed E-state index contributed by atoms with van der Waals surface area (Å²) in [6.07, 6.45) is 0. The Morgan fingerprint density at radius 3 is 2.70 bits per heavy atom. The molecule has 0 saturated heterocycles. The van der Waals surface area contributed by atoms with Crippen molar-refractivity contribution in [2.24, 2.45) is 0 Å². The number of anilines is 2. The number of nitrogens with zero attached hydrogens (tertiary/aromatic N) is 1. The van der Waals surface area contributed by atoms with Gasteiger partial charge in [0.05, 0.1) is 12.0 Å². The van der Waals surface area contributed by atoms with Gasteiger partial charge in [-0.3, -0.25) is 10.1 Å². The molecule has 0 aliphatic carbocycles. The molecule has 0 aliphatic heterocycles. The zero-order valence-corrected chi connectivity index (χ0v) is 11.0. The number of nitro benzene ring substituents is 1. The van der Waals surface area contributed by atoms with Crippen molar-refractivity contribution in [3.63, 3.8) is 0 Å². The maximum Gasteiger partial charge on any atom is 0.312 e. The van der Waals surface area contributed by atoms with Crippen LogP contribution in [0, 0.1) is 10.1 Å². The Morgan fingerprint density at radius 1 is 1.30 bits per heavy atom. The lowest BCUT2D eigenvalue weighted by molar-refractivity contribution is -0.385. The van der Waals surface area contributed by atoms with Crippen LogP contribution in [0.15, 0.2) is 42.5 Å². The van der Waals surface area contributed by atoms with E-state index in [2.05, 4.69) is 5.32 Å². The van der Waals surface area contributed by atoms with Gasteiger partial charge in [-0.15, -0.1) is 0 Å². The lowest BCUT2D eigenvalue weighted by Crippen LogP contribution is -2.03. The first-order chi connectivity index (χ1) is 9.61. The Balaban J connectivity index is 2.16. The molecule has 2 aromatic rings. The molecule has 2 aromatic carbocycles. The van der Waals surface area contributed by atoms with Crippen molar-refractivity contribution in [3.8, 4) is 5.75 Å². The number of nitrogen functional groups attached to an aromatic ring is 1. The second-order valence-electron chi connectivity index (χ2n) is 4.20. The number of methoxy groups -OCH3 is 1. The van der Waals surface area contributed by atoms with Crippen molar-refractivity contribution < 1.29 is 9.66 Å². The first-order valence-corrected chi connectivity index (χ1v) is 6.01. The van der Waals surface area contributed by atoms with Crippen LogP contribution in [0.3, 0.4) is 0 Å². The first kappa shape index (κ1) is 13.7. The molecule has 0 spiro atoms. The number of para-hydroxylation sites is 1. The smallest absolute Gasteiger partial charge is 0.312 e. The fraction of sp³-hybridized carbons (Fsp3) is 0.143. The molecule has 0 radical (unpaired) electrons. The molecule has 0 amide bonds. The van der Waals surface area contributed by atoms with Crippen LogP contribution in [0.4, 0.5) is 17.1 Å². The van der Waals surface area contributed by atoms with E-state index in [0.29, 0.717) is 17.9 Å². The van der Waals surface area contributed by atoms with Gasteiger partial charge in [-0.1, -0.05) is 18.2 Å². The molecule has 0 unspecified atom stereocenters. The van der Waals surface area contributed by atoms with Crippen molar-refractivity contribution in [2.75, 3.05) is 18.2 Å². The summed E-state index contributed by atoms with van der Waals surface area (Å²) in [6.45, 7) is 0.496. The van der Waals surface area contributed by atoms with E-state index in [9.17, 15) is 10.1 Å². The van der Waals surface area contributed by atoms with Gasteiger partial charge in [0.15, 0.2) is 5.75 Å². The molecule has 0 aliphatic rings. The zero-order chi connectivity index (χ0) is 14.5. The van der Waals surface area contributed by atoms with Crippen LogP contribution in [0.1, 0.15) is 5.56 Å². The third-order valence-corrected chi connectivity index (χ3v) is 2.91. The second kappa shape index (κ2) is 5.92. The Hall–Kier alpha value is -2.76. The quantitative estimate of drug-likeness (QED) is 0.496. The summed E-state index contributed by atoms with van der Waals surface area (Å²) in [7, 11) is 1.40. The standard InChI is InChI=1S/C14H15N3O3/c1-20-14-7-6-11(8-13(14)17(18)19)16-9-10-4-2-3-5-12(10)15/h2-8,16H,9,15H2,1H3. The van der Waals surface area contributed by atoms with Crippen molar-refractivity contribution in [3.05, 3.63) is 58.1 Å². The summed E-state index contributed by atoms with van der Waals surface area (Å²) in [5, 5.41) is 14.0. The summed E-state index contributed by atoms with van der Waals surface area (Å²) >= 11 is 0. The molecule has 6 heteroatoms. The van der Waals surface area contributed by atoms with Crippen LogP contribution >= 0.6 is 0 Å². The van der Waals surface area contributed by atoms with E-state index < -0.39 is 4.92 Å². The molecule has 3 N–H and O–H groups in total. The normalized spacial score (nSPS) is 10.1. The number of ether oxygens (including phenoxy) is 1. The topological polar surface area (TPSA) is 90.4 Å². The molecule has 0 bridgehead atoms. The Labute approximate surface area is 116 Å². The van der Waals surface area contributed by atoms with Gasteiger partial charge < -0.3 is 15.8 Å². The Bertz CT molecular complexity index is 629. The SMILES string of the molecule is COc1ccc(NCc2ccccc2N)cc1[N+](=O)[O-]. The van der Waals surface area contributed by atoms with Gasteiger partial charge in [0.25, 0.3) is 0 Å². The highest BCUT2D eigenvalue weighted by molar-refractivity contribution is 5.59. The number of hydrogen-bond donors (Lipinski definition) is 2. The molecule has 0 heterocycles. The van der Waals surface area contributed by atoms with Crippen molar-refractivity contribution in [1.82, 2.24) is 0 Å². The number of rotatable bonds is 5. The third-order valence-electron chi connectivity index (χ3n) is 2.91. The maximum atomic E-state index is 10.9. The van der Waals surface area contributed by atoms with Crippen LogP contribution in [0.2, 0.25) is 0 Å². The molecule has 0 atom stereocenters. The number of hydrogen-bond acceptors (Lipinski definition) is 5. The zero-order valence-electron chi connectivity index (χ0n) is 11.0. The van der Waals surface area contributed by atoms with E-state index in [0.717, 1.165) is 5.56 Å². The van der Waals surface area contributed by atoms with Gasteiger partial charge in [0.2, 0.25) is 0 Å². The molecular weight excluding hydrogens is 258 g/mol. The number of nitro groups is 1. The lowest BCUT2D eigenvalue weighted by Gasteiger charge is -2.09. The minimum atomic E-state index is -0.471. The number of benzene rings is 2. The van der Waals surface area contributed by atoms with Crippen LogP contribution in [-0.4, -0.2) is 12.0 Å². The molecule has 20 heavy (non-hydrogen) atoms. The third kappa shape index (κ3) is 2.97. The van der Waals surface area contributed by atoms with Crippen molar-refractivity contribution in [2.45, 2.75) is 6.54 Å². The highest BCUT2D eigenvalue weighted by Gasteiger charge is 2.15. The summed E-state index contributed by atoms with van der Waals surface area (Å²) in [6, 6.07) is 12.2. The van der Waals surface area contributed by atoms with Crippen LogP contribution in [-0.2, 0) is 6.54 Å². The van der Waals surface area contributed by atoms with Crippen molar-refractivity contribution in [1.29, 1.82) is 0 Å². The molecule has 6 nitrogen and oxygen atoms in total. The van der Waals surface area contributed by atoms with Crippen LogP contribution in [0.25, 0.3) is 0 Å². The molecule has 0 aromatic heterocycles. The van der Waals surface area contributed by atoms with Gasteiger partial charge in [0, 0.05) is 24.0 Å². The average Bonchev–Trinajstić information content (AvgIpc) is 2.46. The first-order valence-electron chi connectivity index (χ1n) is 6.01. The highest BCUT2D eigenvalue weighted by atomic mass is 16.6. The average molecular weight is 273 g/mol. The lowest BCUT2D eigenvalue weighted by atomic mass is 10.1. The molecule has 2 rings (SSSR count). The Morgan fingerprint density at radius 2 is 2.05 bits per heavy atom. The summed E-state index contributed by atoms with van der Waals surface area (Å²) < 4.78 is 4.95. The van der Waals surface area contributed by atoms with E-state index in [4.69, 9.17) is 10.5 Å². The van der Waals surface area contributed by atoms with E-state index in [1.165, 1.54) is 13.2 Å². The van der Waals surface area contributed by atoms with Gasteiger partial charge in [0.1, 0.15) is 0 Å². The summed E-state index contributed by atoms with van der Waals surface area (Å²) in [4.78, 5) is 10.5. The predicted octanol–water partition coefficient (Wildman–Crippen LogP) is 2.80. The molecule has 104 valence electrons. The number of nitrogens with two attached hydrogens (primary N) is 1. The largest absolute Gasteiger partial charge is 0.490 e. The molecule has 0 fully saturated rings. The molecule has 0 saturated carbocycles. The van der Waals surface area contributed by atoms with Gasteiger partial charge in [-0.2, -0.15) is 0 Å². The predicted molar refractivity (Wildman–Crippen MR) is 77.8 cm³/mol. The van der Waals surface area contributed by atoms with Gasteiger partial charge in [-0.25, -0.2) is 0 Å². The minimum Gasteiger partial charge on any atom is -0.490 e. The van der Waals surface area contributed by atoms with Gasteiger partial charge in [-0.05, 0) is 23.8 Å². The van der Waals surface area contributed by atoms with E-state index >= 15 is 0 Å². The van der Waals surface area contributed by atoms with E-state index in [1.54, 1.807) is 12.1 Å². The fourth-order valence-corrected chi connectivity index (χ4v) is 1.84. The fourth-order valence-electron chi connectivity index (χ4n) is 1.84. The highest BCUT2D eigenvalue weighted by Crippen LogP contribution is 2.29. The second-order valence-corrected chi connectivity index (χ2v) is 4.20. The van der Waals surface area contributed by atoms with Crippen LogP contribution in [0.5, 0.6) is 5.75 Å². The minimum absolute atomic E-state index is 0.0708. The van der Waals surface area contributed by atoms with Gasteiger partial charge >= 0.3 is 5.69 Å². The Kier molecular flexibility index (Phi) is 4.05.